The Bertz CT molecular complexity index is 344. The number of hydrogen-bond acceptors (Lipinski definition) is 3. The van der Waals surface area contributed by atoms with E-state index in [1.54, 1.807) is 0 Å². The van der Waals surface area contributed by atoms with E-state index in [9.17, 15) is 9.90 Å². The van der Waals surface area contributed by atoms with Crippen LogP contribution < -0.4 is 5.32 Å². The summed E-state index contributed by atoms with van der Waals surface area (Å²) in [5, 5.41) is 13.3. The maximum absolute atomic E-state index is 11.9. The molecule has 0 aliphatic heterocycles. The van der Waals surface area contributed by atoms with Gasteiger partial charge in [0.25, 0.3) is 0 Å². The average molecular weight is 296 g/mol. The van der Waals surface area contributed by atoms with Gasteiger partial charge >= 0.3 is 5.97 Å². The minimum Gasteiger partial charge on any atom is -0.480 e. The van der Waals surface area contributed by atoms with Gasteiger partial charge in [-0.15, -0.1) is 0 Å². The van der Waals surface area contributed by atoms with Gasteiger partial charge in [0.05, 0.1) is 0 Å². The van der Waals surface area contributed by atoms with E-state index >= 15 is 0 Å². The lowest BCUT2D eigenvalue weighted by Gasteiger charge is -2.34. The zero-order valence-corrected chi connectivity index (χ0v) is 13.7. The van der Waals surface area contributed by atoms with Gasteiger partial charge in [0.15, 0.2) is 0 Å². The monoisotopic (exact) mass is 296 g/mol. The van der Waals surface area contributed by atoms with E-state index < -0.39 is 11.5 Å². The fraction of sp³-hybridized carbons (Fsp3) is 0.941. The predicted octanol–water partition coefficient (Wildman–Crippen LogP) is 2.87. The number of hydrogen-bond donors (Lipinski definition) is 2. The number of nitrogens with zero attached hydrogens (tertiary/aromatic N) is 1. The first-order valence-corrected chi connectivity index (χ1v) is 8.85. The molecule has 0 aromatic heterocycles. The lowest BCUT2D eigenvalue weighted by Crippen LogP contribution is -2.56. The number of rotatable bonds is 10. The molecule has 2 rings (SSSR count). The van der Waals surface area contributed by atoms with Crippen LogP contribution in [0, 0.1) is 5.92 Å². The maximum atomic E-state index is 11.9. The fourth-order valence-corrected chi connectivity index (χ4v) is 3.74. The first kappa shape index (κ1) is 16.8. The van der Waals surface area contributed by atoms with E-state index in [0.29, 0.717) is 12.0 Å². The molecule has 2 fully saturated rings. The van der Waals surface area contributed by atoms with Crippen molar-refractivity contribution in [2.75, 3.05) is 19.6 Å². The highest BCUT2D eigenvalue weighted by Gasteiger charge is 2.51. The zero-order valence-electron chi connectivity index (χ0n) is 13.7. The Kier molecular flexibility index (Phi) is 6.06. The van der Waals surface area contributed by atoms with Gasteiger partial charge in [0, 0.05) is 6.04 Å². The first-order valence-electron chi connectivity index (χ1n) is 8.85. The Morgan fingerprint density at radius 3 is 2.62 bits per heavy atom. The second-order valence-electron chi connectivity index (χ2n) is 6.86. The molecule has 0 spiro atoms. The van der Waals surface area contributed by atoms with Gasteiger partial charge < -0.3 is 10.0 Å². The quantitative estimate of drug-likeness (QED) is 0.651. The van der Waals surface area contributed by atoms with Crippen LogP contribution in [0.4, 0.5) is 0 Å². The van der Waals surface area contributed by atoms with Crippen LogP contribution in [0.15, 0.2) is 0 Å². The third-order valence-electron chi connectivity index (χ3n) is 5.31. The maximum Gasteiger partial charge on any atom is 0.324 e. The van der Waals surface area contributed by atoms with Crippen molar-refractivity contribution in [3.05, 3.63) is 0 Å². The highest BCUT2D eigenvalue weighted by molar-refractivity contribution is 5.80. The molecular weight excluding hydrogens is 264 g/mol. The highest BCUT2D eigenvalue weighted by atomic mass is 16.4. The molecule has 2 unspecified atom stereocenters. The Labute approximate surface area is 129 Å². The molecule has 2 atom stereocenters. The topological polar surface area (TPSA) is 52.6 Å². The van der Waals surface area contributed by atoms with E-state index in [1.807, 2.05) is 0 Å². The molecular formula is C17H32N2O2. The minimum absolute atomic E-state index is 0.297. The molecule has 0 amide bonds. The zero-order chi connectivity index (χ0) is 15.3. The van der Waals surface area contributed by atoms with Gasteiger partial charge in [0.1, 0.15) is 5.54 Å². The van der Waals surface area contributed by atoms with E-state index in [2.05, 4.69) is 24.1 Å². The number of aliphatic carboxylic acids is 1. The van der Waals surface area contributed by atoms with Crippen LogP contribution >= 0.6 is 0 Å². The van der Waals surface area contributed by atoms with Crippen LogP contribution in [0.25, 0.3) is 0 Å². The Morgan fingerprint density at radius 2 is 2.05 bits per heavy atom. The Hall–Kier alpha value is -0.610. The summed E-state index contributed by atoms with van der Waals surface area (Å²) in [6.45, 7) is 7.69. The third-order valence-corrected chi connectivity index (χ3v) is 5.31. The summed E-state index contributed by atoms with van der Waals surface area (Å²) >= 11 is 0. The molecule has 2 N–H and O–H groups in total. The van der Waals surface area contributed by atoms with Crippen LogP contribution in [0.5, 0.6) is 0 Å². The van der Waals surface area contributed by atoms with Gasteiger partial charge in [-0.25, -0.2) is 0 Å². The van der Waals surface area contributed by atoms with Gasteiger partial charge in [-0.3, -0.25) is 10.1 Å². The molecule has 0 saturated heterocycles. The normalized spacial score (nSPS) is 29.2. The van der Waals surface area contributed by atoms with Crippen LogP contribution in [-0.4, -0.2) is 47.2 Å². The highest BCUT2D eigenvalue weighted by Crippen LogP contribution is 2.40. The number of carbonyl (C=O) groups is 1. The molecule has 122 valence electrons. The van der Waals surface area contributed by atoms with Crippen molar-refractivity contribution in [1.82, 2.24) is 10.2 Å². The molecule has 4 heteroatoms. The molecule has 21 heavy (non-hydrogen) atoms. The number of carboxylic acids is 1. The molecule has 2 aliphatic carbocycles. The second kappa shape index (κ2) is 7.59. The summed E-state index contributed by atoms with van der Waals surface area (Å²) in [7, 11) is 0. The van der Waals surface area contributed by atoms with E-state index in [-0.39, 0.29) is 0 Å². The lowest BCUT2D eigenvalue weighted by molar-refractivity contribution is -0.147. The van der Waals surface area contributed by atoms with Crippen LogP contribution in [0.2, 0.25) is 0 Å². The van der Waals surface area contributed by atoms with Crippen molar-refractivity contribution in [3.63, 3.8) is 0 Å². The van der Waals surface area contributed by atoms with E-state index in [1.165, 1.54) is 12.8 Å². The van der Waals surface area contributed by atoms with Crippen LogP contribution in [0.3, 0.4) is 0 Å². The van der Waals surface area contributed by atoms with Crippen molar-refractivity contribution in [2.45, 2.75) is 76.8 Å². The summed E-state index contributed by atoms with van der Waals surface area (Å²) in [6.07, 6.45) is 8.72. The van der Waals surface area contributed by atoms with Gasteiger partial charge in [-0.1, -0.05) is 26.7 Å². The molecule has 0 heterocycles. The standard InChI is InChI=1S/C17H32N2O2/c1-3-5-12-19(4-2)13-10-14-7-6-11-17(14,16(20)21)18-15-8-9-15/h14-15,18H,3-13H2,1-2H3,(H,20,21). The summed E-state index contributed by atoms with van der Waals surface area (Å²) in [5.74, 6) is -0.320. The number of carboxylic acid groups (broad SMARTS) is 1. The summed E-state index contributed by atoms with van der Waals surface area (Å²) < 4.78 is 0. The average Bonchev–Trinajstić information content (AvgIpc) is 3.18. The minimum atomic E-state index is -0.634. The van der Waals surface area contributed by atoms with E-state index in [0.717, 1.165) is 58.2 Å². The van der Waals surface area contributed by atoms with Crippen molar-refractivity contribution >= 4 is 5.97 Å². The molecule has 0 aromatic rings. The first-order chi connectivity index (χ1) is 10.1. The molecule has 2 saturated carbocycles. The smallest absolute Gasteiger partial charge is 0.324 e. The third kappa shape index (κ3) is 4.19. The van der Waals surface area contributed by atoms with Gasteiger partial charge in [0.2, 0.25) is 0 Å². The van der Waals surface area contributed by atoms with Crippen molar-refractivity contribution < 1.29 is 9.90 Å². The number of unbranched alkanes of at least 4 members (excludes halogenated alkanes) is 1. The number of nitrogens with one attached hydrogen (secondary N) is 1. The van der Waals surface area contributed by atoms with Crippen molar-refractivity contribution in [2.24, 2.45) is 5.92 Å². The van der Waals surface area contributed by atoms with Crippen molar-refractivity contribution in [1.29, 1.82) is 0 Å². The summed E-state index contributed by atoms with van der Waals surface area (Å²) in [4.78, 5) is 14.4. The van der Waals surface area contributed by atoms with Gasteiger partial charge in [-0.05, 0) is 64.1 Å². The van der Waals surface area contributed by atoms with Crippen LogP contribution in [0.1, 0.15) is 65.2 Å². The molecule has 0 aromatic carbocycles. The molecule has 4 nitrogen and oxygen atoms in total. The lowest BCUT2D eigenvalue weighted by atomic mass is 9.84. The predicted molar refractivity (Wildman–Crippen MR) is 85.5 cm³/mol. The van der Waals surface area contributed by atoms with E-state index in [4.69, 9.17) is 0 Å². The molecule has 2 aliphatic rings. The Balaban J connectivity index is 1.91. The summed E-state index contributed by atoms with van der Waals surface area (Å²) in [5.41, 5.74) is -0.634. The second-order valence-corrected chi connectivity index (χ2v) is 6.86. The largest absolute Gasteiger partial charge is 0.480 e. The molecule has 0 radical (unpaired) electrons. The molecule has 0 bridgehead atoms. The fourth-order valence-electron chi connectivity index (χ4n) is 3.74. The van der Waals surface area contributed by atoms with Crippen molar-refractivity contribution in [3.8, 4) is 0 Å². The van der Waals surface area contributed by atoms with Gasteiger partial charge in [-0.2, -0.15) is 0 Å². The summed E-state index contributed by atoms with van der Waals surface area (Å²) in [6, 6.07) is 0.462. The van der Waals surface area contributed by atoms with Crippen LogP contribution in [-0.2, 0) is 4.79 Å². The Morgan fingerprint density at radius 1 is 1.29 bits per heavy atom. The SMILES string of the molecule is CCCCN(CC)CCC1CCCC1(NC1CC1)C(=O)O.